The molecule has 0 bridgehead atoms. The van der Waals surface area contributed by atoms with Crippen LogP contribution in [0.15, 0.2) is 52.1 Å². The Morgan fingerprint density at radius 3 is 2.70 bits per heavy atom. The van der Waals surface area contributed by atoms with E-state index in [-0.39, 0.29) is 30.1 Å². The number of hydrogen-bond donors (Lipinski definition) is 2. The van der Waals surface area contributed by atoms with Crippen molar-refractivity contribution in [2.75, 3.05) is 26.7 Å². The molecule has 2 unspecified atom stereocenters. The number of aryl methyl sites for hydroxylation is 1. The summed E-state index contributed by atoms with van der Waals surface area (Å²) in [6.45, 7) is 4.59. The molecule has 0 saturated carbocycles. The van der Waals surface area contributed by atoms with Gasteiger partial charge in [0, 0.05) is 39.1 Å². The summed E-state index contributed by atoms with van der Waals surface area (Å²) in [6, 6.07) is 12.6. The largest absolute Gasteiger partial charge is 0.469 e. The first-order valence-corrected chi connectivity index (χ1v) is 9.41. The lowest BCUT2D eigenvalue weighted by Gasteiger charge is -2.32. The van der Waals surface area contributed by atoms with Crippen LogP contribution in [0.2, 0.25) is 0 Å². The first-order chi connectivity index (χ1) is 12.8. The number of rotatable bonds is 6. The number of aliphatic imine (C=N–C) groups is 1. The molecule has 2 atom stereocenters. The van der Waals surface area contributed by atoms with Gasteiger partial charge in [-0.1, -0.05) is 29.8 Å². The maximum atomic E-state index is 6.10. The number of halogens is 1. The zero-order valence-corrected chi connectivity index (χ0v) is 18.4. The van der Waals surface area contributed by atoms with Gasteiger partial charge in [0.25, 0.3) is 0 Å². The van der Waals surface area contributed by atoms with Crippen LogP contribution in [0.25, 0.3) is 0 Å². The van der Waals surface area contributed by atoms with E-state index in [1.165, 1.54) is 11.1 Å². The second-order valence-electron chi connectivity index (χ2n) is 6.81. The van der Waals surface area contributed by atoms with Gasteiger partial charge < -0.3 is 19.8 Å². The van der Waals surface area contributed by atoms with Crippen LogP contribution in [0, 0.1) is 12.8 Å². The van der Waals surface area contributed by atoms with Crippen molar-refractivity contribution in [3.8, 4) is 0 Å². The molecule has 5 nitrogen and oxygen atoms in total. The molecule has 1 aliphatic heterocycles. The SMILES string of the molecule is CN=C(NCCc1ccco1)NCC1CCCOC1c1ccc(C)cc1.I. The molecule has 1 aromatic carbocycles. The monoisotopic (exact) mass is 483 g/mol. The van der Waals surface area contributed by atoms with Crippen molar-refractivity contribution in [3.63, 3.8) is 0 Å². The Hall–Kier alpha value is -1.54. The Bertz CT molecular complexity index is 686. The van der Waals surface area contributed by atoms with Gasteiger partial charge in [0.05, 0.1) is 12.4 Å². The summed E-state index contributed by atoms with van der Waals surface area (Å²) in [5.41, 5.74) is 2.54. The molecule has 0 amide bonds. The van der Waals surface area contributed by atoms with Gasteiger partial charge in [-0.2, -0.15) is 0 Å². The number of benzene rings is 1. The fourth-order valence-corrected chi connectivity index (χ4v) is 3.38. The lowest BCUT2D eigenvalue weighted by Crippen LogP contribution is -2.42. The molecule has 27 heavy (non-hydrogen) atoms. The fraction of sp³-hybridized carbons (Fsp3) is 0.476. The van der Waals surface area contributed by atoms with E-state index in [0.29, 0.717) is 5.92 Å². The summed E-state index contributed by atoms with van der Waals surface area (Å²) in [5, 5.41) is 6.81. The molecule has 0 aliphatic carbocycles. The van der Waals surface area contributed by atoms with Gasteiger partial charge in [0.15, 0.2) is 5.96 Å². The molecule has 2 aromatic rings. The first-order valence-electron chi connectivity index (χ1n) is 9.41. The van der Waals surface area contributed by atoms with E-state index in [0.717, 1.165) is 50.7 Å². The predicted molar refractivity (Wildman–Crippen MR) is 120 cm³/mol. The molecule has 1 fully saturated rings. The van der Waals surface area contributed by atoms with Crippen molar-refractivity contribution in [3.05, 3.63) is 59.5 Å². The van der Waals surface area contributed by atoms with Crippen LogP contribution in [-0.4, -0.2) is 32.7 Å². The fourth-order valence-electron chi connectivity index (χ4n) is 3.38. The first kappa shape index (κ1) is 21.8. The Morgan fingerprint density at radius 2 is 2.00 bits per heavy atom. The zero-order chi connectivity index (χ0) is 18.2. The smallest absolute Gasteiger partial charge is 0.191 e. The second-order valence-corrected chi connectivity index (χ2v) is 6.81. The van der Waals surface area contributed by atoms with Crippen molar-refractivity contribution < 1.29 is 9.15 Å². The van der Waals surface area contributed by atoms with Crippen molar-refractivity contribution in [2.45, 2.75) is 32.3 Å². The third-order valence-corrected chi connectivity index (χ3v) is 4.85. The minimum atomic E-state index is 0. The van der Waals surface area contributed by atoms with Crippen LogP contribution in [0.3, 0.4) is 0 Å². The molecule has 6 heteroatoms. The number of hydrogen-bond acceptors (Lipinski definition) is 3. The Balaban J connectivity index is 0.00000261. The maximum Gasteiger partial charge on any atom is 0.191 e. The number of guanidine groups is 1. The van der Waals surface area contributed by atoms with E-state index in [1.54, 1.807) is 13.3 Å². The Morgan fingerprint density at radius 1 is 1.19 bits per heavy atom. The lowest BCUT2D eigenvalue weighted by atomic mass is 9.89. The van der Waals surface area contributed by atoms with E-state index in [9.17, 15) is 0 Å². The number of nitrogens with zero attached hydrogens (tertiary/aromatic N) is 1. The topological polar surface area (TPSA) is 58.8 Å². The molecule has 1 aliphatic rings. The van der Waals surface area contributed by atoms with E-state index in [1.807, 2.05) is 12.1 Å². The molecular formula is C21H30IN3O2. The summed E-state index contributed by atoms with van der Waals surface area (Å²) < 4.78 is 11.5. The van der Waals surface area contributed by atoms with Crippen molar-refractivity contribution in [1.29, 1.82) is 0 Å². The van der Waals surface area contributed by atoms with Gasteiger partial charge in [0.2, 0.25) is 0 Å². The highest BCUT2D eigenvalue weighted by atomic mass is 127. The predicted octanol–water partition coefficient (Wildman–Crippen LogP) is 4.08. The van der Waals surface area contributed by atoms with Gasteiger partial charge in [0.1, 0.15) is 5.76 Å². The van der Waals surface area contributed by atoms with Crippen molar-refractivity contribution in [1.82, 2.24) is 10.6 Å². The second kappa shape index (κ2) is 11.3. The van der Waals surface area contributed by atoms with Gasteiger partial charge in [-0.3, -0.25) is 4.99 Å². The van der Waals surface area contributed by atoms with E-state index < -0.39 is 0 Å². The molecular weight excluding hydrogens is 453 g/mol. The lowest BCUT2D eigenvalue weighted by molar-refractivity contribution is -0.0265. The summed E-state index contributed by atoms with van der Waals surface area (Å²) in [7, 11) is 1.80. The molecule has 1 saturated heterocycles. The third-order valence-electron chi connectivity index (χ3n) is 4.85. The number of furan rings is 1. The van der Waals surface area contributed by atoms with Gasteiger partial charge in [-0.15, -0.1) is 24.0 Å². The van der Waals surface area contributed by atoms with E-state index in [2.05, 4.69) is 46.8 Å². The van der Waals surface area contributed by atoms with Gasteiger partial charge >= 0.3 is 0 Å². The molecule has 2 heterocycles. The molecule has 148 valence electrons. The zero-order valence-electron chi connectivity index (χ0n) is 16.1. The highest BCUT2D eigenvalue weighted by molar-refractivity contribution is 14.0. The highest BCUT2D eigenvalue weighted by Crippen LogP contribution is 2.33. The maximum absolute atomic E-state index is 6.10. The van der Waals surface area contributed by atoms with E-state index in [4.69, 9.17) is 9.15 Å². The number of ether oxygens (including phenoxy) is 1. The van der Waals surface area contributed by atoms with Crippen LogP contribution >= 0.6 is 24.0 Å². The normalized spacial score (nSPS) is 20.0. The minimum absolute atomic E-state index is 0. The van der Waals surface area contributed by atoms with Gasteiger partial charge in [-0.25, -0.2) is 0 Å². The van der Waals surface area contributed by atoms with Crippen molar-refractivity contribution in [2.24, 2.45) is 10.9 Å². The minimum Gasteiger partial charge on any atom is -0.469 e. The van der Waals surface area contributed by atoms with Crippen molar-refractivity contribution >= 4 is 29.9 Å². The molecule has 2 N–H and O–H groups in total. The van der Waals surface area contributed by atoms with Crippen LogP contribution in [0.4, 0.5) is 0 Å². The average Bonchev–Trinajstić information content (AvgIpc) is 3.19. The molecule has 1 aromatic heterocycles. The quantitative estimate of drug-likeness (QED) is 0.370. The molecule has 0 radical (unpaired) electrons. The average molecular weight is 483 g/mol. The number of nitrogens with one attached hydrogen (secondary N) is 2. The standard InChI is InChI=1S/C21H29N3O2.HI/c1-16-7-9-17(10-8-16)20-18(5-3-14-26-20)15-24-21(22-2)23-12-11-19-6-4-13-25-19;/h4,6-10,13,18,20H,3,5,11-12,14-15H2,1-2H3,(H2,22,23,24);1H. The van der Waals surface area contributed by atoms with Gasteiger partial charge in [-0.05, 0) is 37.5 Å². The molecule has 3 rings (SSSR count). The Labute approximate surface area is 179 Å². The summed E-state index contributed by atoms with van der Waals surface area (Å²) in [5.74, 6) is 2.24. The summed E-state index contributed by atoms with van der Waals surface area (Å²) in [4.78, 5) is 4.32. The van der Waals surface area contributed by atoms with E-state index >= 15 is 0 Å². The van der Waals surface area contributed by atoms with Crippen LogP contribution in [0.5, 0.6) is 0 Å². The third kappa shape index (κ3) is 6.53. The summed E-state index contributed by atoms with van der Waals surface area (Å²) in [6.07, 6.45) is 4.97. The molecule has 0 spiro atoms. The highest BCUT2D eigenvalue weighted by Gasteiger charge is 2.27. The van der Waals surface area contributed by atoms with Crippen LogP contribution in [-0.2, 0) is 11.2 Å². The Kier molecular flexibility index (Phi) is 9.14. The van der Waals surface area contributed by atoms with Crippen LogP contribution in [0.1, 0.15) is 35.8 Å². The summed E-state index contributed by atoms with van der Waals surface area (Å²) >= 11 is 0. The van der Waals surface area contributed by atoms with Crippen LogP contribution < -0.4 is 10.6 Å².